The Morgan fingerprint density at radius 1 is 1.47 bits per heavy atom. The van der Waals surface area contributed by atoms with Crippen LogP contribution in [0.3, 0.4) is 0 Å². The molecule has 0 bridgehead atoms. The summed E-state index contributed by atoms with van der Waals surface area (Å²) in [6.07, 6.45) is 3.55. The van der Waals surface area contributed by atoms with E-state index >= 15 is 0 Å². The van der Waals surface area contributed by atoms with Gasteiger partial charge in [0.15, 0.2) is 0 Å². The molecule has 1 aliphatic rings. The lowest BCUT2D eigenvalue weighted by atomic mass is 10.0. The van der Waals surface area contributed by atoms with Crippen LogP contribution in [-0.2, 0) is 0 Å². The molecule has 0 aliphatic heterocycles. The molecule has 0 aromatic heterocycles. The van der Waals surface area contributed by atoms with E-state index in [2.05, 4.69) is 21.2 Å². The molecule has 1 amide bonds. The maximum absolute atomic E-state index is 12.2. The summed E-state index contributed by atoms with van der Waals surface area (Å²) in [6.45, 7) is 0.293. The fourth-order valence-electron chi connectivity index (χ4n) is 2.41. The third-order valence-electron chi connectivity index (χ3n) is 3.52. The van der Waals surface area contributed by atoms with Gasteiger partial charge >= 0.3 is 0 Å². The number of hydrogen-bond donors (Lipinski definition) is 2. The van der Waals surface area contributed by atoms with E-state index in [0.717, 1.165) is 30.2 Å². The van der Waals surface area contributed by atoms with Crippen molar-refractivity contribution in [2.24, 2.45) is 0 Å². The van der Waals surface area contributed by atoms with Gasteiger partial charge in [-0.25, -0.2) is 0 Å². The summed E-state index contributed by atoms with van der Waals surface area (Å²) < 4.78 is 5.99. The molecule has 0 radical (unpaired) electrons. The van der Waals surface area contributed by atoms with Gasteiger partial charge in [-0.2, -0.15) is 0 Å². The number of halogens is 1. The third kappa shape index (κ3) is 3.48. The fraction of sp³-hybridized carbons (Fsp3) is 0.500. The first-order valence-electron chi connectivity index (χ1n) is 6.38. The second-order valence-corrected chi connectivity index (χ2v) is 5.87. The number of carbonyl (C=O) groups is 1. The molecule has 1 saturated carbocycles. The maximum Gasteiger partial charge on any atom is 0.255 e. The molecule has 4 nitrogen and oxygen atoms in total. The van der Waals surface area contributed by atoms with Gasteiger partial charge in [-0.1, -0.05) is 28.8 Å². The molecule has 1 fully saturated rings. The van der Waals surface area contributed by atoms with Crippen molar-refractivity contribution in [1.82, 2.24) is 5.32 Å². The zero-order valence-corrected chi connectivity index (χ0v) is 12.5. The first-order chi connectivity index (χ1) is 9.04. The Hall–Kier alpha value is -1.07. The molecule has 5 heteroatoms. The number of rotatable bonds is 4. The predicted octanol–water partition coefficient (Wildman–Crippen LogP) is 2.49. The van der Waals surface area contributed by atoms with Gasteiger partial charge < -0.3 is 15.2 Å². The topological polar surface area (TPSA) is 58.6 Å². The lowest BCUT2D eigenvalue weighted by Crippen LogP contribution is -2.40. The van der Waals surface area contributed by atoms with Crippen molar-refractivity contribution in [1.29, 1.82) is 0 Å². The number of ether oxygens (including phenoxy) is 1. The number of nitrogens with one attached hydrogen (secondary N) is 1. The highest BCUT2D eigenvalue weighted by atomic mass is 79.9. The van der Waals surface area contributed by atoms with Crippen LogP contribution >= 0.6 is 15.9 Å². The molecule has 2 N–H and O–H groups in total. The van der Waals surface area contributed by atoms with E-state index in [4.69, 9.17) is 4.74 Å². The highest BCUT2D eigenvalue weighted by molar-refractivity contribution is 9.10. The molecule has 1 aromatic rings. The Balaban J connectivity index is 2.05. The molecule has 1 aromatic carbocycles. The van der Waals surface area contributed by atoms with Crippen LogP contribution in [0, 0.1) is 0 Å². The summed E-state index contributed by atoms with van der Waals surface area (Å²) in [5.74, 6) is 0.303. The van der Waals surface area contributed by atoms with Crippen LogP contribution in [0.15, 0.2) is 22.7 Å². The maximum atomic E-state index is 12.2. The standard InChI is InChI=1S/C14H18BrNO3/c1-19-12-5-4-10(15)8-11(12)13(17)16-9-14(18)6-2-3-7-14/h4-5,8,18H,2-3,6-7,9H2,1H3,(H,16,17). The summed E-state index contributed by atoms with van der Waals surface area (Å²) in [7, 11) is 1.53. The molecule has 1 aliphatic carbocycles. The first kappa shape index (κ1) is 14.3. The molecular formula is C14H18BrNO3. The summed E-state index contributed by atoms with van der Waals surface area (Å²) in [5, 5.41) is 13.0. The van der Waals surface area contributed by atoms with Crippen LogP contribution in [0.25, 0.3) is 0 Å². The average molecular weight is 328 g/mol. The molecule has 0 atom stereocenters. The normalized spacial score (nSPS) is 17.2. The number of methoxy groups -OCH3 is 1. The number of aliphatic hydroxyl groups is 1. The van der Waals surface area contributed by atoms with E-state index < -0.39 is 5.60 Å². The van der Waals surface area contributed by atoms with E-state index in [1.54, 1.807) is 12.1 Å². The number of amides is 1. The van der Waals surface area contributed by atoms with Crippen molar-refractivity contribution in [2.45, 2.75) is 31.3 Å². The summed E-state index contributed by atoms with van der Waals surface area (Å²) >= 11 is 3.34. The van der Waals surface area contributed by atoms with E-state index in [1.807, 2.05) is 6.07 Å². The molecule has 0 heterocycles. The zero-order chi connectivity index (χ0) is 13.9. The monoisotopic (exact) mass is 327 g/mol. The van der Waals surface area contributed by atoms with Gasteiger partial charge in [0.1, 0.15) is 5.75 Å². The lowest BCUT2D eigenvalue weighted by Gasteiger charge is -2.22. The van der Waals surface area contributed by atoms with Crippen LogP contribution in [0.4, 0.5) is 0 Å². The number of benzene rings is 1. The smallest absolute Gasteiger partial charge is 0.255 e. The Labute approximate surface area is 121 Å². The molecule has 19 heavy (non-hydrogen) atoms. The Bertz CT molecular complexity index is 470. The molecule has 0 saturated heterocycles. The first-order valence-corrected chi connectivity index (χ1v) is 7.17. The molecule has 2 rings (SSSR count). The zero-order valence-electron chi connectivity index (χ0n) is 10.9. The number of hydrogen-bond acceptors (Lipinski definition) is 3. The second kappa shape index (κ2) is 5.92. The van der Waals surface area contributed by atoms with Gasteiger partial charge in [0, 0.05) is 11.0 Å². The molecule has 0 spiro atoms. The highest BCUT2D eigenvalue weighted by Gasteiger charge is 2.31. The quantitative estimate of drug-likeness (QED) is 0.893. The van der Waals surface area contributed by atoms with Crippen molar-refractivity contribution in [3.8, 4) is 5.75 Å². The Kier molecular flexibility index (Phi) is 4.47. The summed E-state index contributed by atoms with van der Waals surface area (Å²) in [4.78, 5) is 12.2. The molecule has 0 unspecified atom stereocenters. The van der Waals surface area contributed by atoms with Crippen molar-refractivity contribution < 1.29 is 14.6 Å². The minimum Gasteiger partial charge on any atom is -0.496 e. The van der Waals surface area contributed by atoms with E-state index in [0.29, 0.717) is 17.9 Å². The van der Waals surface area contributed by atoms with E-state index in [1.165, 1.54) is 7.11 Å². The minimum atomic E-state index is -0.741. The number of carbonyl (C=O) groups excluding carboxylic acids is 1. The van der Waals surface area contributed by atoms with Crippen LogP contribution < -0.4 is 10.1 Å². The van der Waals surface area contributed by atoms with Gasteiger partial charge in [0.25, 0.3) is 5.91 Å². The SMILES string of the molecule is COc1ccc(Br)cc1C(=O)NCC1(O)CCCC1. The van der Waals surface area contributed by atoms with Crippen molar-refractivity contribution in [3.63, 3.8) is 0 Å². The van der Waals surface area contributed by atoms with Crippen LogP contribution in [0.5, 0.6) is 5.75 Å². The van der Waals surface area contributed by atoms with Crippen LogP contribution in [0.1, 0.15) is 36.0 Å². The van der Waals surface area contributed by atoms with E-state index in [9.17, 15) is 9.90 Å². The van der Waals surface area contributed by atoms with Gasteiger partial charge in [0.05, 0.1) is 18.3 Å². The summed E-state index contributed by atoms with van der Waals surface area (Å²) in [6, 6.07) is 5.27. The van der Waals surface area contributed by atoms with Crippen molar-refractivity contribution in [3.05, 3.63) is 28.2 Å². The highest BCUT2D eigenvalue weighted by Crippen LogP contribution is 2.29. The third-order valence-corrected chi connectivity index (χ3v) is 4.01. The average Bonchev–Trinajstić information content (AvgIpc) is 2.83. The van der Waals surface area contributed by atoms with Crippen LogP contribution in [-0.4, -0.2) is 30.3 Å². The molecule has 104 valence electrons. The second-order valence-electron chi connectivity index (χ2n) is 4.96. The van der Waals surface area contributed by atoms with Gasteiger partial charge in [0.2, 0.25) is 0 Å². The minimum absolute atomic E-state index is 0.224. The predicted molar refractivity (Wildman–Crippen MR) is 76.4 cm³/mol. The van der Waals surface area contributed by atoms with E-state index in [-0.39, 0.29) is 5.91 Å². The van der Waals surface area contributed by atoms with Gasteiger partial charge in [-0.05, 0) is 31.0 Å². The largest absolute Gasteiger partial charge is 0.496 e. The molecular weight excluding hydrogens is 310 g/mol. The lowest BCUT2D eigenvalue weighted by molar-refractivity contribution is 0.0449. The Morgan fingerprint density at radius 3 is 2.79 bits per heavy atom. The fourth-order valence-corrected chi connectivity index (χ4v) is 2.77. The van der Waals surface area contributed by atoms with Crippen molar-refractivity contribution in [2.75, 3.05) is 13.7 Å². The Morgan fingerprint density at radius 2 is 2.16 bits per heavy atom. The van der Waals surface area contributed by atoms with Gasteiger partial charge in [-0.15, -0.1) is 0 Å². The van der Waals surface area contributed by atoms with Crippen LogP contribution in [0.2, 0.25) is 0 Å². The van der Waals surface area contributed by atoms with Crippen molar-refractivity contribution >= 4 is 21.8 Å². The summed E-state index contributed by atoms with van der Waals surface area (Å²) in [5.41, 5.74) is -0.270. The van der Waals surface area contributed by atoms with Gasteiger partial charge in [-0.3, -0.25) is 4.79 Å².